The summed E-state index contributed by atoms with van der Waals surface area (Å²) in [4.78, 5) is 28.7. The zero-order valence-electron chi connectivity index (χ0n) is 16.4. The summed E-state index contributed by atoms with van der Waals surface area (Å²) in [5.41, 5.74) is 0.133. The van der Waals surface area contributed by atoms with Gasteiger partial charge in [0.15, 0.2) is 0 Å². The summed E-state index contributed by atoms with van der Waals surface area (Å²) in [6, 6.07) is 5.81. The van der Waals surface area contributed by atoms with E-state index < -0.39 is 5.60 Å². The highest BCUT2D eigenvalue weighted by Crippen LogP contribution is 2.24. The van der Waals surface area contributed by atoms with Crippen molar-refractivity contribution in [3.05, 3.63) is 40.6 Å². The fourth-order valence-corrected chi connectivity index (χ4v) is 3.86. The number of amides is 2. The van der Waals surface area contributed by atoms with E-state index in [1.165, 1.54) is 0 Å². The highest BCUT2D eigenvalue weighted by molar-refractivity contribution is 9.10. The van der Waals surface area contributed by atoms with Crippen LogP contribution in [0.1, 0.15) is 56.8 Å². The lowest BCUT2D eigenvalue weighted by atomic mass is 9.91. The molecule has 0 radical (unpaired) electrons. The molecule has 1 aromatic carbocycles. The first-order chi connectivity index (χ1) is 13.2. The number of hydrogen-bond donors (Lipinski definition) is 2. The second-order valence-corrected chi connectivity index (χ2v) is 9.08. The van der Waals surface area contributed by atoms with Gasteiger partial charge in [-0.3, -0.25) is 9.78 Å². The van der Waals surface area contributed by atoms with Gasteiger partial charge in [-0.2, -0.15) is 0 Å². The summed E-state index contributed by atoms with van der Waals surface area (Å²) < 4.78 is 6.18. The van der Waals surface area contributed by atoms with Gasteiger partial charge in [0.05, 0.1) is 0 Å². The van der Waals surface area contributed by atoms with Gasteiger partial charge >= 0.3 is 6.09 Å². The van der Waals surface area contributed by atoms with Crippen LogP contribution in [-0.2, 0) is 4.74 Å². The molecule has 0 unspecified atom stereocenters. The number of nitrogens with one attached hydrogen (secondary N) is 2. The molecule has 1 aliphatic rings. The molecule has 0 atom stereocenters. The zero-order valence-corrected chi connectivity index (χ0v) is 18.0. The summed E-state index contributed by atoms with van der Waals surface area (Å²) in [5, 5.41) is 7.99. The Morgan fingerprint density at radius 2 is 1.71 bits per heavy atom. The molecule has 1 fully saturated rings. The topological polar surface area (TPSA) is 80.3 Å². The summed E-state index contributed by atoms with van der Waals surface area (Å²) in [5.74, 6) is -0.0748. The summed E-state index contributed by atoms with van der Waals surface area (Å²) in [6.45, 7) is 5.54. The Bertz CT molecular complexity index is 871. The molecule has 2 N–H and O–H groups in total. The van der Waals surface area contributed by atoms with Crippen LogP contribution >= 0.6 is 15.9 Å². The Balaban J connectivity index is 1.53. The first-order valence-corrected chi connectivity index (χ1v) is 10.3. The predicted octanol–water partition coefficient (Wildman–Crippen LogP) is 4.56. The largest absolute Gasteiger partial charge is 0.444 e. The Morgan fingerprint density at radius 3 is 2.36 bits per heavy atom. The number of aromatic nitrogens is 1. The van der Waals surface area contributed by atoms with Crippen molar-refractivity contribution in [3.63, 3.8) is 0 Å². The van der Waals surface area contributed by atoms with Gasteiger partial charge in [-0.15, -0.1) is 0 Å². The van der Waals surface area contributed by atoms with Gasteiger partial charge in [-0.1, -0.05) is 6.07 Å². The molecule has 0 spiro atoms. The number of ether oxygens (including phenoxy) is 1. The van der Waals surface area contributed by atoms with Gasteiger partial charge in [0.2, 0.25) is 0 Å². The third kappa shape index (κ3) is 5.44. The lowest BCUT2D eigenvalue weighted by Crippen LogP contribution is -2.45. The van der Waals surface area contributed by atoms with Crippen LogP contribution in [0.5, 0.6) is 0 Å². The maximum atomic E-state index is 12.7. The molecule has 0 saturated heterocycles. The highest BCUT2D eigenvalue weighted by atomic mass is 79.9. The van der Waals surface area contributed by atoms with E-state index in [-0.39, 0.29) is 24.1 Å². The van der Waals surface area contributed by atoms with Crippen LogP contribution in [0.3, 0.4) is 0 Å². The highest BCUT2D eigenvalue weighted by Gasteiger charge is 2.25. The van der Waals surface area contributed by atoms with Gasteiger partial charge in [-0.05, 0) is 79.9 Å². The van der Waals surface area contributed by atoms with E-state index in [0.717, 1.165) is 40.9 Å². The molecule has 28 heavy (non-hydrogen) atoms. The number of carbonyl (C=O) groups is 2. The molecular formula is C21H26BrN3O3. The van der Waals surface area contributed by atoms with Crippen LogP contribution in [0.15, 0.2) is 35.1 Å². The van der Waals surface area contributed by atoms with E-state index in [1.54, 1.807) is 12.4 Å². The molecule has 1 saturated carbocycles. The predicted molar refractivity (Wildman–Crippen MR) is 112 cm³/mol. The van der Waals surface area contributed by atoms with Gasteiger partial charge in [-0.25, -0.2) is 4.79 Å². The van der Waals surface area contributed by atoms with Crippen molar-refractivity contribution in [2.75, 3.05) is 0 Å². The maximum Gasteiger partial charge on any atom is 0.407 e. The number of benzene rings is 1. The first kappa shape index (κ1) is 20.6. The normalized spacial score (nSPS) is 19.9. The minimum absolute atomic E-state index is 0.0748. The van der Waals surface area contributed by atoms with Crippen molar-refractivity contribution >= 4 is 38.7 Å². The smallest absolute Gasteiger partial charge is 0.407 e. The molecule has 2 amide bonds. The molecule has 2 aromatic rings. The minimum Gasteiger partial charge on any atom is -0.444 e. The minimum atomic E-state index is -0.500. The SMILES string of the molecule is CC(C)(C)OC(=O)N[C@H]1CC[C@H](NC(=O)c2ccc3cncc(Br)c3c2)CC1. The molecule has 0 bridgehead atoms. The first-order valence-electron chi connectivity index (χ1n) is 9.55. The van der Waals surface area contributed by atoms with Gasteiger partial charge in [0, 0.05) is 39.9 Å². The van der Waals surface area contributed by atoms with Crippen LogP contribution in [0.4, 0.5) is 4.79 Å². The van der Waals surface area contributed by atoms with E-state index in [0.29, 0.717) is 5.56 Å². The van der Waals surface area contributed by atoms with Crippen molar-refractivity contribution in [2.45, 2.75) is 64.1 Å². The van der Waals surface area contributed by atoms with Crippen LogP contribution < -0.4 is 10.6 Å². The van der Waals surface area contributed by atoms with Crippen molar-refractivity contribution in [3.8, 4) is 0 Å². The summed E-state index contributed by atoms with van der Waals surface area (Å²) in [6.07, 6.45) is 6.42. The third-order valence-electron chi connectivity index (χ3n) is 4.76. The molecule has 3 rings (SSSR count). The number of hydrogen-bond acceptors (Lipinski definition) is 4. The summed E-state index contributed by atoms with van der Waals surface area (Å²) >= 11 is 3.48. The van der Waals surface area contributed by atoms with Crippen LogP contribution in [0.2, 0.25) is 0 Å². The molecule has 1 aromatic heterocycles. The number of carbonyl (C=O) groups excluding carboxylic acids is 2. The Hall–Kier alpha value is -2.15. The van der Waals surface area contributed by atoms with E-state index in [2.05, 4.69) is 31.5 Å². The number of rotatable bonds is 3. The average molecular weight is 448 g/mol. The second kappa shape index (κ2) is 8.47. The maximum absolute atomic E-state index is 12.7. The van der Waals surface area contributed by atoms with E-state index in [1.807, 2.05) is 39.0 Å². The molecule has 6 nitrogen and oxygen atoms in total. The third-order valence-corrected chi connectivity index (χ3v) is 5.39. The van der Waals surface area contributed by atoms with Crippen molar-refractivity contribution in [1.82, 2.24) is 15.6 Å². The fourth-order valence-electron chi connectivity index (χ4n) is 3.39. The number of fused-ring (bicyclic) bond motifs is 1. The number of nitrogens with zero attached hydrogens (tertiary/aromatic N) is 1. The zero-order chi connectivity index (χ0) is 20.3. The van der Waals surface area contributed by atoms with Crippen LogP contribution in [0.25, 0.3) is 10.8 Å². The number of pyridine rings is 1. The summed E-state index contributed by atoms with van der Waals surface area (Å²) in [7, 11) is 0. The van der Waals surface area contributed by atoms with E-state index >= 15 is 0 Å². The standard InChI is InChI=1S/C21H26BrN3O3/c1-21(2,3)28-20(27)25-16-8-6-15(7-9-16)24-19(26)13-4-5-14-11-23-12-18(22)17(14)10-13/h4-5,10-12,15-16H,6-9H2,1-3H3,(H,24,26)(H,25,27)/t15-,16-. The van der Waals surface area contributed by atoms with Crippen molar-refractivity contribution < 1.29 is 14.3 Å². The molecular weight excluding hydrogens is 422 g/mol. The molecule has 7 heteroatoms. The van der Waals surface area contributed by atoms with E-state index in [9.17, 15) is 9.59 Å². The quantitative estimate of drug-likeness (QED) is 0.722. The molecule has 1 aliphatic carbocycles. The van der Waals surface area contributed by atoms with Gasteiger partial charge in [0.25, 0.3) is 5.91 Å². The molecule has 1 heterocycles. The number of halogens is 1. The second-order valence-electron chi connectivity index (χ2n) is 8.23. The Kier molecular flexibility index (Phi) is 6.23. The van der Waals surface area contributed by atoms with Crippen molar-refractivity contribution in [1.29, 1.82) is 0 Å². The lowest BCUT2D eigenvalue weighted by molar-refractivity contribution is 0.0488. The molecule has 150 valence electrons. The Labute approximate surface area is 173 Å². The fraction of sp³-hybridized carbons (Fsp3) is 0.476. The van der Waals surface area contributed by atoms with Crippen LogP contribution in [0, 0.1) is 0 Å². The van der Waals surface area contributed by atoms with E-state index in [4.69, 9.17) is 4.74 Å². The van der Waals surface area contributed by atoms with Crippen LogP contribution in [-0.4, -0.2) is 34.7 Å². The average Bonchev–Trinajstić information content (AvgIpc) is 2.62. The molecule has 0 aliphatic heterocycles. The monoisotopic (exact) mass is 447 g/mol. The van der Waals surface area contributed by atoms with Gasteiger partial charge < -0.3 is 15.4 Å². The van der Waals surface area contributed by atoms with Gasteiger partial charge in [0.1, 0.15) is 5.60 Å². The van der Waals surface area contributed by atoms with Crippen molar-refractivity contribution in [2.24, 2.45) is 0 Å². The number of alkyl carbamates (subject to hydrolysis) is 1. The lowest BCUT2D eigenvalue weighted by Gasteiger charge is -2.30. The Morgan fingerprint density at radius 1 is 1.07 bits per heavy atom.